The normalized spacial score (nSPS) is 15.0. The number of likely N-dealkylation sites (tertiary alicyclic amines) is 1. The molecule has 1 saturated heterocycles. The van der Waals surface area contributed by atoms with Crippen molar-refractivity contribution < 1.29 is 18.0 Å². The van der Waals surface area contributed by atoms with Crippen LogP contribution in [-0.4, -0.2) is 44.8 Å². The number of nitrogens with zero attached hydrogens (tertiary/aromatic N) is 1. The highest BCUT2D eigenvalue weighted by Crippen LogP contribution is 2.24. The molecule has 2 amide bonds. The molecule has 1 aliphatic rings. The number of rotatable bonds is 7. The number of sulfonamides is 1. The molecule has 2 aromatic carbocycles. The molecule has 0 saturated carbocycles. The van der Waals surface area contributed by atoms with Crippen LogP contribution in [0.25, 0.3) is 0 Å². The van der Waals surface area contributed by atoms with Crippen molar-refractivity contribution in [2.75, 3.05) is 25.0 Å². The molecule has 0 bridgehead atoms. The Labute approximate surface area is 187 Å². The number of nitrogens with one attached hydrogen (secondary N) is 2. The zero-order chi connectivity index (χ0) is 22.4. The van der Waals surface area contributed by atoms with Crippen LogP contribution in [0, 0.1) is 5.92 Å². The molecule has 0 atom stereocenters. The maximum absolute atomic E-state index is 12.7. The van der Waals surface area contributed by atoms with E-state index < -0.39 is 10.0 Å². The zero-order valence-corrected chi connectivity index (χ0v) is 18.9. The molecule has 7 nitrogen and oxygen atoms in total. The van der Waals surface area contributed by atoms with E-state index in [2.05, 4.69) is 10.0 Å². The third-order valence-corrected chi connectivity index (χ3v) is 7.04. The van der Waals surface area contributed by atoms with Crippen LogP contribution in [0.2, 0.25) is 5.02 Å². The lowest BCUT2D eigenvalue weighted by molar-refractivity contribution is -0.121. The second-order valence-electron chi connectivity index (χ2n) is 7.46. The van der Waals surface area contributed by atoms with Gasteiger partial charge in [-0.15, -0.1) is 0 Å². The first-order valence-corrected chi connectivity index (χ1v) is 12.1. The number of piperidine rings is 1. The standard InChI is InChI=1S/C22H26ClN3O4S/c1-2-13-24-31(29,30)18-9-7-17(8-10-18)25-21(27)16-11-14-26(15-12-16)22(28)19-5-3-4-6-20(19)23/h3-10,16,24H,2,11-15H2,1H3,(H,25,27). The van der Waals surface area contributed by atoms with E-state index in [9.17, 15) is 18.0 Å². The molecule has 0 aromatic heterocycles. The fraction of sp³-hybridized carbons (Fsp3) is 0.364. The lowest BCUT2D eigenvalue weighted by atomic mass is 9.95. The first kappa shape index (κ1) is 23.2. The highest BCUT2D eigenvalue weighted by atomic mass is 35.5. The third kappa shape index (κ3) is 5.84. The van der Waals surface area contributed by atoms with Gasteiger partial charge >= 0.3 is 0 Å². The summed E-state index contributed by atoms with van der Waals surface area (Å²) >= 11 is 6.12. The third-order valence-electron chi connectivity index (χ3n) is 5.23. The summed E-state index contributed by atoms with van der Waals surface area (Å²) in [5.41, 5.74) is 1.00. The van der Waals surface area contributed by atoms with Gasteiger partial charge in [-0.3, -0.25) is 9.59 Å². The molecule has 3 rings (SSSR count). The second-order valence-corrected chi connectivity index (χ2v) is 9.63. The van der Waals surface area contributed by atoms with E-state index in [0.717, 1.165) is 0 Å². The Bertz CT molecular complexity index is 1030. The molecule has 31 heavy (non-hydrogen) atoms. The summed E-state index contributed by atoms with van der Waals surface area (Å²) in [6, 6.07) is 13.0. The van der Waals surface area contributed by atoms with Crippen LogP contribution in [-0.2, 0) is 14.8 Å². The number of carbonyl (C=O) groups is 2. The number of carbonyl (C=O) groups excluding carboxylic acids is 2. The van der Waals surface area contributed by atoms with E-state index in [-0.39, 0.29) is 22.6 Å². The van der Waals surface area contributed by atoms with E-state index in [1.165, 1.54) is 12.1 Å². The van der Waals surface area contributed by atoms with Gasteiger partial charge in [-0.25, -0.2) is 13.1 Å². The summed E-state index contributed by atoms with van der Waals surface area (Å²) in [7, 11) is -3.54. The molecule has 2 aromatic rings. The highest BCUT2D eigenvalue weighted by Gasteiger charge is 2.28. The Morgan fingerprint density at radius 2 is 1.71 bits per heavy atom. The molecule has 0 radical (unpaired) electrons. The fourth-order valence-electron chi connectivity index (χ4n) is 3.43. The van der Waals surface area contributed by atoms with Gasteiger partial charge in [-0.05, 0) is 55.7 Å². The van der Waals surface area contributed by atoms with Crippen LogP contribution in [0.1, 0.15) is 36.5 Å². The Kier molecular flexibility index (Phi) is 7.69. The van der Waals surface area contributed by atoms with Gasteiger partial charge in [0.25, 0.3) is 5.91 Å². The SMILES string of the molecule is CCCNS(=O)(=O)c1ccc(NC(=O)C2CCN(C(=O)c3ccccc3Cl)CC2)cc1. The van der Waals surface area contributed by atoms with Gasteiger partial charge < -0.3 is 10.2 Å². The maximum atomic E-state index is 12.7. The smallest absolute Gasteiger partial charge is 0.255 e. The van der Waals surface area contributed by atoms with Crippen molar-refractivity contribution >= 4 is 39.1 Å². The molecule has 9 heteroatoms. The van der Waals surface area contributed by atoms with Crippen LogP contribution in [0.3, 0.4) is 0 Å². The van der Waals surface area contributed by atoms with E-state index in [4.69, 9.17) is 11.6 Å². The van der Waals surface area contributed by atoms with Gasteiger partial charge in [-0.1, -0.05) is 30.7 Å². The summed E-state index contributed by atoms with van der Waals surface area (Å²) < 4.78 is 26.8. The van der Waals surface area contributed by atoms with Crippen molar-refractivity contribution in [1.29, 1.82) is 0 Å². The summed E-state index contributed by atoms with van der Waals surface area (Å²) in [4.78, 5) is 27.2. The lowest BCUT2D eigenvalue weighted by Gasteiger charge is -2.31. The Morgan fingerprint density at radius 1 is 1.06 bits per heavy atom. The topological polar surface area (TPSA) is 95.6 Å². The minimum atomic E-state index is -3.54. The summed E-state index contributed by atoms with van der Waals surface area (Å²) in [5.74, 6) is -0.479. The monoisotopic (exact) mass is 463 g/mol. The molecule has 2 N–H and O–H groups in total. The van der Waals surface area contributed by atoms with Crippen LogP contribution in [0.5, 0.6) is 0 Å². The fourth-order valence-corrected chi connectivity index (χ4v) is 4.78. The summed E-state index contributed by atoms with van der Waals surface area (Å²) in [5, 5.41) is 3.26. The molecular weight excluding hydrogens is 438 g/mol. The minimum Gasteiger partial charge on any atom is -0.339 e. The quantitative estimate of drug-likeness (QED) is 0.656. The number of hydrogen-bond donors (Lipinski definition) is 2. The Balaban J connectivity index is 1.54. The molecular formula is C22H26ClN3O4S. The molecule has 1 aliphatic heterocycles. The number of anilines is 1. The first-order chi connectivity index (χ1) is 14.8. The maximum Gasteiger partial charge on any atom is 0.255 e. The predicted octanol–water partition coefficient (Wildman–Crippen LogP) is 3.52. The molecule has 166 valence electrons. The number of benzene rings is 2. The van der Waals surface area contributed by atoms with Crippen molar-refractivity contribution in [2.45, 2.75) is 31.1 Å². The van der Waals surface area contributed by atoms with E-state index >= 15 is 0 Å². The Hall–Kier alpha value is -2.42. The van der Waals surface area contributed by atoms with Gasteiger partial charge in [0.1, 0.15) is 0 Å². The van der Waals surface area contributed by atoms with Gasteiger partial charge in [0.15, 0.2) is 0 Å². The van der Waals surface area contributed by atoms with Crippen molar-refractivity contribution in [2.24, 2.45) is 5.92 Å². The van der Waals surface area contributed by atoms with Crippen molar-refractivity contribution in [3.63, 3.8) is 0 Å². The van der Waals surface area contributed by atoms with Gasteiger partial charge in [0, 0.05) is 31.2 Å². The van der Waals surface area contributed by atoms with Crippen molar-refractivity contribution in [1.82, 2.24) is 9.62 Å². The second kappa shape index (κ2) is 10.3. The van der Waals surface area contributed by atoms with Crippen LogP contribution >= 0.6 is 11.6 Å². The van der Waals surface area contributed by atoms with Gasteiger partial charge in [-0.2, -0.15) is 0 Å². The van der Waals surface area contributed by atoms with Crippen LogP contribution in [0.15, 0.2) is 53.4 Å². The van der Waals surface area contributed by atoms with E-state index in [1.54, 1.807) is 41.3 Å². The Morgan fingerprint density at radius 3 is 2.32 bits per heavy atom. The van der Waals surface area contributed by atoms with E-state index in [0.29, 0.717) is 55.2 Å². The lowest BCUT2D eigenvalue weighted by Crippen LogP contribution is -2.41. The van der Waals surface area contributed by atoms with Crippen LogP contribution < -0.4 is 10.0 Å². The van der Waals surface area contributed by atoms with Gasteiger partial charge in [0.2, 0.25) is 15.9 Å². The number of amides is 2. The first-order valence-electron chi connectivity index (χ1n) is 10.3. The average molecular weight is 464 g/mol. The van der Waals surface area contributed by atoms with Crippen LogP contribution in [0.4, 0.5) is 5.69 Å². The zero-order valence-electron chi connectivity index (χ0n) is 17.3. The minimum absolute atomic E-state index is 0.127. The average Bonchev–Trinajstić information content (AvgIpc) is 2.78. The number of halogens is 1. The molecule has 0 unspecified atom stereocenters. The largest absolute Gasteiger partial charge is 0.339 e. The predicted molar refractivity (Wildman–Crippen MR) is 121 cm³/mol. The van der Waals surface area contributed by atoms with Crippen molar-refractivity contribution in [3.05, 3.63) is 59.1 Å². The van der Waals surface area contributed by atoms with E-state index in [1.807, 2.05) is 6.92 Å². The highest BCUT2D eigenvalue weighted by molar-refractivity contribution is 7.89. The van der Waals surface area contributed by atoms with Gasteiger partial charge in [0.05, 0.1) is 15.5 Å². The molecule has 1 heterocycles. The molecule has 1 fully saturated rings. The van der Waals surface area contributed by atoms with Crippen molar-refractivity contribution in [3.8, 4) is 0 Å². The molecule has 0 aliphatic carbocycles. The number of hydrogen-bond acceptors (Lipinski definition) is 4. The summed E-state index contributed by atoms with van der Waals surface area (Å²) in [6.07, 6.45) is 1.81. The summed E-state index contributed by atoms with van der Waals surface area (Å²) in [6.45, 7) is 3.21. The molecule has 0 spiro atoms.